The molecule has 2 amide bonds. The molecule has 0 aromatic heterocycles. The Labute approximate surface area is 170 Å². The van der Waals surface area contributed by atoms with Gasteiger partial charge in [0.2, 0.25) is 5.91 Å². The van der Waals surface area contributed by atoms with Crippen molar-refractivity contribution in [2.24, 2.45) is 0 Å². The first-order valence-electron chi connectivity index (χ1n) is 8.31. The van der Waals surface area contributed by atoms with E-state index in [1.165, 1.54) is 24.1 Å². The highest BCUT2D eigenvalue weighted by atomic mass is 35.5. The molecule has 1 N–H and O–H groups in total. The van der Waals surface area contributed by atoms with Crippen LogP contribution in [0, 0.1) is 17.1 Å². The molecule has 0 radical (unpaired) electrons. The minimum Gasteiger partial charge on any atom is -0.354 e. The Bertz CT molecular complexity index is 984. The Morgan fingerprint density at radius 2 is 1.89 bits per heavy atom. The minimum absolute atomic E-state index is 0.141. The maximum atomic E-state index is 13.2. The van der Waals surface area contributed by atoms with E-state index in [0.717, 1.165) is 17.3 Å². The van der Waals surface area contributed by atoms with Crippen LogP contribution >= 0.6 is 23.4 Å². The number of anilines is 1. The van der Waals surface area contributed by atoms with E-state index in [9.17, 15) is 19.2 Å². The Morgan fingerprint density at radius 3 is 2.46 bits per heavy atom. The summed E-state index contributed by atoms with van der Waals surface area (Å²) in [5.41, 5.74) is 1.15. The lowest BCUT2D eigenvalue weighted by Crippen LogP contribution is -2.31. The molecule has 142 valence electrons. The monoisotopic (exact) mass is 415 g/mol. The van der Waals surface area contributed by atoms with Gasteiger partial charge in [-0.1, -0.05) is 35.5 Å². The summed E-state index contributed by atoms with van der Waals surface area (Å²) in [4.78, 5) is 26.7. The first-order chi connectivity index (χ1) is 13.4. The van der Waals surface area contributed by atoms with Gasteiger partial charge in [-0.25, -0.2) is 4.39 Å². The summed E-state index contributed by atoms with van der Waals surface area (Å²) in [5, 5.41) is 12.1. The zero-order valence-electron chi connectivity index (χ0n) is 14.8. The van der Waals surface area contributed by atoms with Crippen LogP contribution in [0.1, 0.15) is 5.56 Å². The molecular weight excluding hydrogens is 401 g/mol. The van der Waals surface area contributed by atoms with Gasteiger partial charge in [0.05, 0.1) is 5.25 Å². The number of carbonyl (C=O) groups excluding carboxylic acids is 2. The molecule has 1 saturated heterocycles. The molecule has 2 aromatic rings. The Hall–Kier alpha value is -2.82. The van der Waals surface area contributed by atoms with Crippen LogP contribution in [0.25, 0.3) is 0 Å². The molecule has 8 heteroatoms. The fraction of sp³-hybridized carbons (Fsp3) is 0.150. The van der Waals surface area contributed by atoms with Crippen molar-refractivity contribution in [2.75, 3.05) is 11.9 Å². The van der Waals surface area contributed by atoms with E-state index in [0.29, 0.717) is 17.1 Å². The average molecular weight is 416 g/mol. The maximum absolute atomic E-state index is 13.2. The van der Waals surface area contributed by atoms with Gasteiger partial charge in [0.25, 0.3) is 5.91 Å². The number of rotatable bonds is 4. The van der Waals surface area contributed by atoms with Crippen LogP contribution in [0.2, 0.25) is 5.02 Å². The highest BCUT2D eigenvalue weighted by Crippen LogP contribution is 2.42. The third-order valence-electron chi connectivity index (χ3n) is 4.15. The number of hydrogen-bond acceptors (Lipinski definition) is 4. The fourth-order valence-electron chi connectivity index (χ4n) is 2.77. The number of nitrogens with zero attached hydrogens (tertiary/aromatic N) is 2. The van der Waals surface area contributed by atoms with E-state index in [1.807, 2.05) is 6.07 Å². The van der Waals surface area contributed by atoms with Crippen molar-refractivity contribution in [3.8, 4) is 6.07 Å². The number of carbonyl (C=O) groups is 2. The van der Waals surface area contributed by atoms with Crippen LogP contribution in [-0.4, -0.2) is 24.1 Å². The van der Waals surface area contributed by atoms with Crippen LogP contribution < -0.4 is 10.2 Å². The molecule has 1 aliphatic rings. The number of hydrogen-bond donors (Lipinski definition) is 1. The van der Waals surface area contributed by atoms with Gasteiger partial charge >= 0.3 is 0 Å². The highest BCUT2D eigenvalue weighted by molar-refractivity contribution is 8.05. The van der Waals surface area contributed by atoms with Crippen molar-refractivity contribution in [3.05, 3.63) is 75.5 Å². The van der Waals surface area contributed by atoms with Gasteiger partial charge in [-0.2, -0.15) is 5.26 Å². The predicted octanol–water partition coefficient (Wildman–Crippen LogP) is 3.65. The second kappa shape index (κ2) is 8.46. The van der Waals surface area contributed by atoms with Crippen molar-refractivity contribution < 1.29 is 14.0 Å². The normalized spacial score (nSPS) is 18.0. The van der Waals surface area contributed by atoms with Gasteiger partial charge in [-0.15, -0.1) is 0 Å². The first-order valence-corrected chi connectivity index (χ1v) is 9.57. The van der Waals surface area contributed by atoms with Gasteiger partial charge in [0.15, 0.2) is 0 Å². The standard InChI is InChI=1S/C20H15ClFN3O2S/c1-24-18(26)16(11-23)20-25(15-8-4-13(21)5-9-15)19(27)17(28-20)10-12-2-6-14(22)7-3-12/h2-9,17H,10H2,1H3,(H,24,26)/b20-16-/t17-/m0/s1. The van der Waals surface area contributed by atoms with Crippen molar-refractivity contribution >= 4 is 40.9 Å². The number of likely N-dealkylation sites (N-methyl/N-ethyl adjacent to an activating group) is 1. The van der Waals surface area contributed by atoms with E-state index in [2.05, 4.69) is 5.32 Å². The van der Waals surface area contributed by atoms with Crippen molar-refractivity contribution in [3.63, 3.8) is 0 Å². The largest absolute Gasteiger partial charge is 0.354 e. The lowest BCUT2D eigenvalue weighted by atomic mass is 10.1. The molecule has 28 heavy (non-hydrogen) atoms. The molecule has 0 unspecified atom stereocenters. The van der Waals surface area contributed by atoms with Crippen LogP contribution in [0.5, 0.6) is 0 Å². The number of nitrogens with one attached hydrogen (secondary N) is 1. The van der Waals surface area contributed by atoms with Crippen molar-refractivity contribution in [1.82, 2.24) is 5.32 Å². The van der Waals surface area contributed by atoms with E-state index in [-0.39, 0.29) is 22.3 Å². The Morgan fingerprint density at radius 1 is 1.25 bits per heavy atom. The topological polar surface area (TPSA) is 73.2 Å². The molecule has 2 aromatic carbocycles. The molecular formula is C20H15ClFN3O2S. The summed E-state index contributed by atoms with van der Waals surface area (Å²) in [6.07, 6.45) is 0.337. The molecule has 5 nitrogen and oxygen atoms in total. The Kier molecular flexibility index (Phi) is 6.02. The third kappa shape index (κ3) is 4.03. The van der Waals surface area contributed by atoms with Crippen LogP contribution in [0.15, 0.2) is 59.1 Å². The van der Waals surface area contributed by atoms with Crippen LogP contribution in [0.3, 0.4) is 0 Å². The van der Waals surface area contributed by atoms with E-state index in [4.69, 9.17) is 11.6 Å². The number of benzene rings is 2. The molecule has 1 fully saturated rings. The highest BCUT2D eigenvalue weighted by Gasteiger charge is 2.40. The summed E-state index contributed by atoms with van der Waals surface area (Å²) < 4.78 is 13.2. The van der Waals surface area contributed by atoms with Crippen LogP contribution in [-0.2, 0) is 16.0 Å². The quantitative estimate of drug-likeness (QED) is 0.611. The van der Waals surface area contributed by atoms with Crippen molar-refractivity contribution in [1.29, 1.82) is 5.26 Å². The van der Waals surface area contributed by atoms with Gasteiger partial charge in [0, 0.05) is 17.8 Å². The molecule has 0 bridgehead atoms. The summed E-state index contributed by atoms with van der Waals surface area (Å²) >= 11 is 7.08. The molecule has 3 rings (SSSR count). The molecule has 0 aliphatic carbocycles. The predicted molar refractivity (Wildman–Crippen MR) is 107 cm³/mol. The van der Waals surface area contributed by atoms with E-state index in [1.54, 1.807) is 36.4 Å². The summed E-state index contributed by atoms with van der Waals surface area (Å²) in [6.45, 7) is 0. The smallest absolute Gasteiger partial charge is 0.264 e. The molecule has 0 saturated carbocycles. The second-order valence-electron chi connectivity index (χ2n) is 5.96. The number of amides is 2. The Balaban J connectivity index is 2.03. The zero-order valence-corrected chi connectivity index (χ0v) is 16.4. The van der Waals surface area contributed by atoms with E-state index < -0.39 is 11.2 Å². The minimum atomic E-state index is -0.570. The summed E-state index contributed by atoms with van der Waals surface area (Å²) in [5.74, 6) is -1.19. The second-order valence-corrected chi connectivity index (χ2v) is 7.59. The maximum Gasteiger partial charge on any atom is 0.264 e. The lowest BCUT2D eigenvalue weighted by molar-refractivity contribution is -0.117. The van der Waals surface area contributed by atoms with Crippen LogP contribution in [0.4, 0.5) is 10.1 Å². The number of thioether (sulfide) groups is 1. The van der Waals surface area contributed by atoms with E-state index >= 15 is 0 Å². The first kappa shape index (κ1) is 19.9. The summed E-state index contributed by atoms with van der Waals surface area (Å²) in [7, 11) is 1.42. The molecule has 1 atom stereocenters. The third-order valence-corrected chi connectivity index (χ3v) is 5.67. The SMILES string of the molecule is CNC(=O)/C(C#N)=C1\S[C@@H](Cc2ccc(F)cc2)C(=O)N1c1ccc(Cl)cc1. The summed E-state index contributed by atoms with van der Waals surface area (Å²) in [6, 6.07) is 14.4. The molecule has 1 heterocycles. The number of nitriles is 1. The van der Waals surface area contributed by atoms with Gasteiger partial charge in [-0.05, 0) is 48.4 Å². The van der Waals surface area contributed by atoms with Gasteiger partial charge in [-0.3, -0.25) is 14.5 Å². The van der Waals surface area contributed by atoms with Gasteiger partial charge < -0.3 is 5.32 Å². The number of halogens is 2. The molecule has 0 spiro atoms. The van der Waals surface area contributed by atoms with Gasteiger partial charge in [0.1, 0.15) is 22.5 Å². The molecule has 1 aliphatic heterocycles. The average Bonchev–Trinajstić information content (AvgIpc) is 3.00. The zero-order chi connectivity index (χ0) is 20.3. The fourth-order valence-corrected chi connectivity index (χ4v) is 4.21. The lowest BCUT2D eigenvalue weighted by Gasteiger charge is -2.18. The van der Waals surface area contributed by atoms with Crippen molar-refractivity contribution in [2.45, 2.75) is 11.7 Å².